The van der Waals surface area contributed by atoms with E-state index in [1.54, 1.807) is 18.4 Å². The largest absolute Gasteiger partial charge is 0.385 e. The minimum Gasteiger partial charge on any atom is -0.385 e. The Balaban J connectivity index is 2.10. The van der Waals surface area contributed by atoms with E-state index in [-0.39, 0.29) is 6.04 Å². The molecule has 0 aliphatic rings. The summed E-state index contributed by atoms with van der Waals surface area (Å²) in [5.41, 5.74) is 1.01. The molecule has 2 rings (SSSR count). The summed E-state index contributed by atoms with van der Waals surface area (Å²) in [5, 5.41) is 3.37. The molecule has 2 heterocycles. The first-order valence-corrected chi connectivity index (χ1v) is 7.84. The fourth-order valence-corrected chi connectivity index (χ4v) is 3.16. The average molecular weight is 314 g/mol. The van der Waals surface area contributed by atoms with E-state index in [4.69, 9.17) is 16.3 Å². The highest BCUT2D eigenvalue weighted by molar-refractivity contribution is 7.16. The van der Waals surface area contributed by atoms with Gasteiger partial charge in [-0.05, 0) is 32.4 Å². The lowest BCUT2D eigenvalue weighted by Crippen LogP contribution is -2.12. The maximum Gasteiger partial charge on any atom is 0.203 e. The smallest absolute Gasteiger partial charge is 0.203 e. The number of anilines is 1. The number of nitrogens with zero attached hydrogens (tertiary/aromatic N) is 2. The lowest BCUT2D eigenvalue weighted by Gasteiger charge is -2.15. The summed E-state index contributed by atoms with van der Waals surface area (Å²) in [7, 11) is 1.72. The van der Waals surface area contributed by atoms with E-state index < -0.39 is 0 Å². The molecule has 110 valence electrons. The third-order valence-electron chi connectivity index (χ3n) is 3.08. The zero-order valence-electron chi connectivity index (χ0n) is 12.0. The highest BCUT2D eigenvalue weighted by Crippen LogP contribution is 2.30. The quantitative estimate of drug-likeness (QED) is 0.786. The predicted molar refractivity (Wildman–Crippen MR) is 85.1 cm³/mol. The lowest BCUT2D eigenvalue weighted by atomic mass is 10.3. The number of ether oxygens (including phenoxy) is 1. The van der Waals surface area contributed by atoms with Crippen LogP contribution in [0.25, 0.3) is 0 Å². The van der Waals surface area contributed by atoms with Gasteiger partial charge in [0.1, 0.15) is 0 Å². The third-order valence-corrected chi connectivity index (χ3v) is 4.49. The second kappa shape index (κ2) is 7.11. The van der Waals surface area contributed by atoms with Crippen LogP contribution in [-0.4, -0.2) is 29.8 Å². The van der Waals surface area contributed by atoms with Crippen molar-refractivity contribution in [3.8, 4) is 0 Å². The first-order chi connectivity index (χ1) is 9.61. The molecule has 1 atom stereocenters. The molecule has 6 heteroatoms. The van der Waals surface area contributed by atoms with Gasteiger partial charge in [-0.1, -0.05) is 11.6 Å². The van der Waals surface area contributed by atoms with Crippen molar-refractivity contribution in [3.05, 3.63) is 33.2 Å². The molecule has 2 aromatic heterocycles. The molecule has 0 aliphatic carbocycles. The molecular weight excluding hydrogens is 294 g/mol. The minimum absolute atomic E-state index is 0.221. The van der Waals surface area contributed by atoms with Crippen molar-refractivity contribution < 1.29 is 4.74 Å². The molecule has 0 amide bonds. The van der Waals surface area contributed by atoms with Crippen molar-refractivity contribution in [1.29, 1.82) is 0 Å². The highest BCUT2D eigenvalue weighted by atomic mass is 35.5. The number of hydrogen-bond donors (Lipinski definition) is 1. The van der Waals surface area contributed by atoms with Crippen molar-refractivity contribution in [2.75, 3.05) is 25.6 Å². The van der Waals surface area contributed by atoms with E-state index in [1.807, 2.05) is 13.0 Å². The van der Waals surface area contributed by atoms with Crippen molar-refractivity contribution in [2.24, 2.45) is 0 Å². The molecule has 1 N–H and O–H groups in total. The van der Waals surface area contributed by atoms with Gasteiger partial charge in [-0.2, -0.15) is 0 Å². The maximum absolute atomic E-state index is 6.02. The van der Waals surface area contributed by atoms with Crippen LogP contribution in [0.15, 0.2) is 18.3 Å². The maximum atomic E-state index is 6.02. The van der Waals surface area contributed by atoms with Crippen LogP contribution in [-0.2, 0) is 4.74 Å². The standard InChI is InChI=1S/C14H20ClN3OS/c1-10-9-18(11(2)12-5-6-13(15)20-12)14(17-10)16-7-4-8-19-3/h5-6,9,11H,4,7-8H2,1-3H3,(H,16,17). The zero-order valence-corrected chi connectivity index (χ0v) is 13.6. The average Bonchev–Trinajstić information content (AvgIpc) is 3.00. The van der Waals surface area contributed by atoms with Crippen LogP contribution in [0.2, 0.25) is 4.34 Å². The van der Waals surface area contributed by atoms with Crippen LogP contribution in [0.4, 0.5) is 5.95 Å². The van der Waals surface area contributed by atoms with E-state index in [1.165, 1.54) is 4.88 Å². The molecule has 0 bridgehead atoms. The number of imidazole rings is 1. The van der Waals surface area contributed by atoms with E-state index in [0.717, 1.165) is 35.6 Å². The number of methoxy groups -OCH3 is 1. The van der Waals surface area contributed by atoms with Crippen molar-refractivity contribution >= 4 is 28.9 Å². The van der Waals surface area contributed by atoms with Crippen LogP contribution >= 0.6 is 22.9 Å². The van der Waals surface area contributed by atoms with Gasteiger partial charge in [0, 0.05) is 31.3 Å². The Morgan fingerprint density at radius 1 is 1.50 bits per heavy atom. The van der Waals surface area contributed by atoms with E-state index in [2.05, 4.69) is 34.1 Å². The number of hydrogen-bond acceptors (Lipinski definition) is 4. The number of halogens is 1. The SMILES string of the molecule is COCCCNc1nc(C)cn1C(C)c1ccc(Cl)s1. The molecule has 20 heavy (non-hydrogen) atoms. The molecule has 2 aromatic rings. The van der Waals surface area contributed by atoms with Gasteiger partial charge in [0.15, 0.2) is 0 Å². The number of aromatic nitrogens is 2. The molecular formula is C14H20ClN3OS. The van der Waals surface area contributed by atoms with Gasteiger partial charge >= 0.3 is 0 Å². The van der Waals surface area contributed by atoms with Crippen LogP contribution in [0, 0.1) is 6.92 Å². The van der Waals surface area contributed by atoms with E-state index in [0.29, 0.717) is 0 Å². The van der Waals surface area contributed by atoms with Crippen molar-refractivity contribution in [3.63, 3.8) is 0 Å². The van der Waals surface area contributed by atoms with Gasteiger partial charge < -0.3 is 14.6 Å². The number of aryl methyl sites for hydroxylation is 1. The first kappa shape index (κ1) is 15.4. The van der Waals surface area contributed by atoms with Gasteiger partial charge in [0.05, 0.1) is 16.1 Å². The fourth-order valence-electron chi connectivity index (χ4n) is 2.05. The van der Waals surface area contributed by atoms with Crippen LogP contribution < -0.4 is 5.32 Å². The molecule has 0 radical (unpaired) electrons. The summed E-state index contributed by atoms with van der Waals surface area (Å²) in [4.78, 5) is 5.77. The molecule has 0 spiro atoms. The number of rotatable bonds is 7. The summed E-state index contributed by atoms with van der Waals surface area (Å²) in [5.74, 6) is 0.899. The lowest BCUT2D eigenvalue weighted by molar-refractivity contribution is 0.197. The number of nitrogens with one attached hydrogen (secondary N) is 1. The Morgan fingerprint density at radius 3 is 2.95 bits per heavy atom. The summed E-state index contributed by atoms with van der Waals surface area (Å²) < 4.78 is 8.03. The molecule has 0 saturated carbocycles. The summed E-state index contributed by atoms with van der Waals surface area (Å²) in [6, 6.07) is 4.23. The van der Waals surface area contributed by atoms with E-state index in [9.17, 15) is 0 Å². The number of thiophene rings is 1. The van der Waals surface area contributed by atoms with Crippen LogP contribution in [0.1, 0.15) is 30.0 Å². The topological polar surface area (TPSA) is 39.1 Å². The molecule has 1 unspecified atom stereocenters. The Morgan fingerprint density at radius 2 is 2.30 bits per heavy atom. The highest BCUT2D eigenvalue weighted by Gasteiger charge is 2.15. The molecule has 0 aromatic carbocycles. The van der Waals surface area contributed by atoms with Crippen LogP contribution in [0.5, 0.6) is 0 Å². The van der Waals surface area contributed by atoms with Gasteiger partial charge in [-0.3, -0.25) is 0 Å². The molecule has 4 nitrogen and oxygen atoms in total. The Labute approximate surface area is 128 Å². The Bertz CT molecular complexity index is 552. The summed E-state index contributed by atoms with van der Waals surface area (Å²) in [6.07, 6.45) is 3.03. The summed E-state index contributed by atoms with van der Waals surface area (Å²) >= 11 is 7.63. The van der Waals surface area contributed by atoms with Gasteiger partial charge in [-0.15, -0.1) is 11.3 Å². The summed E-state index contributed by atoms with van der Waals surface area (Å²) in [6.45, 7) is 5.76. The Kier molecular flexibility index (Phi) is 5.46. The first-order valence-electron chi connectivity index (χ1n) is 6.65. The van der Waals surface area contributed by atoms with Crippen molar-refractivity contribution in [2.45, 2.75) is 26.3 Å². The minimum atomic E-state index is 0.221. The zero-order chi connectivity index (χ0) is 14.5. The predicted octanol–water partition coefficient (Wildman–Crippen LogP) is 3.96. The third kappa shape index (κ3) is 3.75. The van der Waals surface area contributed by atoms with Gasteiger partial charge in [0.25, 0.3) is 0 Å². The van der Waals surface area contributed by atoms with E-state index >= 15 is 0 Å². The second-order valence-corrected chi connectivity index (χ2v) is 6.45. The normalized spacial score (nSPS) is 12.6. The second-order valence-electron chi connectivity index (χ2n) is 4.70. The molecule has 0 aliphatic heterocycles. The molecule has 0 fully saturated rings. The fraction of sp³-hybridized carbons (Fsp3) is 0.500. The monoisotopic (exact) mass is 313 g/mol. The molecule has 0 saturated heterocycles. The van der Waals surface area contributed by atoms with Crippen molar-refractivity contribution in [1.82, 2.24) is 9.55 Å². The van der Waals surface area contributed by atoms with Crippen LogP contribution in [0.3, 0.4) is 0 Å². The van der Waals surface area contributed by atoms with Gasteiger partial charge in [0.2, 0.25) is 5.95 Å². The van der Waals surface area contributed by atoms with Gasteiger partial charge in [-0.25, -0.2) is 4.98 Å². The Hall–Kier alpha value is -1.04.